The number of methoxy groups -OCH3 is 1. The van der Waals surface area contributed by atoms with Crippen molar-refractivity contribution in [2.45, 2.75) is 6.54 Å². The molecule has 20 heavy (non-hydrogen) atoms. The largest absolute Gasteiger partial charge is 0.493 e. The number of hydrogen-bond acceptors (Lipinski definition) is 3. The van der Waals surface area contributed by atoms with Gasteiger partial charge < -0.3 is 19.4 Å². The molecule has 106 valence electrons. The Hall–Kier alpha value is -2.43. The van der Waals surface area contributed by atoms with Crippen LogP contribution in [0.2, 0.25) is 0 Å². The highest BCUT2D eigenvalue weighted by atomic mass is 16.5. The Morgan fingerprint density at radius 1 is 1.25 bits per heavy atom. The summed E-state index contributed by atoms with van der Waals surface area (Å²) in [6, 6.07) is 9.20. The highest BCUT2D eigenvalue weighted by Crippen LogP contribution is 2.25. The highest BCUT2D eigenvalue weighted by molar-refractivity contribution is 5.77. The van der Waals surface area contributed by atoms with Gasteiger partial charge in [-0.05, 0) is 23.8 Å². The molecule has 1 N–H and O–H groups in total. The van der Waals surface area contributed by atoms with E-state index in [1.165, 1.54) is 0 Å². The molecule has 0 saturated carbocycles. The van der Waals surface area contributed by atoms with Crippen molar-refractivity contribution < 1.29 is 14.3 Å². The quantitative estimate of drug-likeness (QED) is 0.872. The van der Waals surface area contributed by atoms with Gasteiger partial charge in [0.05, 0.1) is 7.11 Å². The normalized spacial score (nSPS) is 10.1. The summed E-state index contributed by atoms with van der Waals surface area (Å²) >= 11 is 0. The number of aryl methyl sites for hydroxylation is 1. The summed E-state index contributed by atoms with van der Waals surface area (Å²) < 4.78 is 12.5. The number of nitrogens with zero attached hydrogens (tertiary/aromatic N) is 1. The molecule has 5 nitrogen and oxygen atoms in total. The van der Waals surface area contributed by atoms with Crippen molar-refractivity contribution in [1.82, 2.24) is 9.88 Å². The molecule has 1 aromatic carbocycles. The standard InChI is InChI=1S/C15H18N2O3/c1-17-8-7-12(10-17)9-16-15(18)11-20-14-6-4-3-5-13(14)19-2/h3-8,10H,9,11H2,1-2H3,(H,16,18). The average molecular weight is 274 g/mol. The molecule has 0 saturated heterocycles. The van der Waals surface area contributed by atoms with Gasteiger partial charge in [-0.2, -0.15) is 0 Å². The molecular weight excluding hydrogens is 256 g/mol. The van der Waals surface area contributed by atoms with E-state index in [1.54, 1.807) is 19.2 Å². The minimum Gasteiger partial charge on any atom is -0.493 e. The van der Waals surface area contributed by atoms with Gasteiger partial charge in [-0.25, -0.2) is 0 Å². The maximum absolute atomic E-state index is 11.7. The molecule has 2 aromatic rings. The van der Waals surface area contributed by atoms with Gasteiger partial charge in [-0.15, -0.1) is 0 Å². The minimum absolute atomic E-state index is 0.0345. The van der Waals surface area contributed by atoms with Gasteiger partial charge in [-0.3, -0.25) is 4.79 Å². The molecule has 5 heteroatoms. The molecule has 1 amide bonds. The third-order valence-electron chi connectivity index (χ3n) is 2.81. The van der Waals surface area contributed by atoms with Gasteiger partial charge >= 0.3 is 0 Å². The zero-order valence-corrected chi connectivity index (χ0v) is 11.6. The fourth-order valence-electron chi connectivity index (χ4n) is 1.80. The van der Waals surface area contributed by atoms with Crippen LogP contribution in [-0.2, 0) is 18.4 Å². The van der Waals surface area contributed by atoms with E-state index in [9.17, 15) is 4.79 Å². The number of carbonyl (C=O) groups is 1. The Balaban J connectivity index is 1.80. The number of benzene rings is 1. The van der Waals surface area contributed by atoms with E-state index in [0.29, 0.717) is 18.0 Å². The summed E-state index contributed by atoms with van der Waals surface area (Å²) in [7, 11) is 3.51. The first kappa shape index (κ1) is 14.0. The molecule has 0 aliphatic carbocycles. The van der Waals surface area contributed by atoms with E-state index in [1.807, 2.05) is 42.2 Å². The first-order valence-corrected chi connectivity index (χ1v) is 6.32. The first-order valence-electron chi connectivity index (χ1n) is 6.32. The predicted molar refractivity (Wildman–Crippen MR) is 75.7 cm³/mol. The third kappa shape index (κ3) is 3.78. The molecule has 0 aliphatic heterocycles. The zero-order chi connectivity index (χ0) is 14.4. The number of amides is 1. The molecule has 1 heterocycles. The van der Waals surface area contributed by atoms with Crippen LogP contribution in [0.4, 0.5) is 0 Å². The summed E-state index contributed by atoms with van der Waals surface area (Å²) in [4.78, 5) is 11.7. The van der Waals surface area contributed by atoms with Crippen LogP contribution in [0, 0.1) is 0 Å². The number of nitrogens with one attached hydrogen (secondary N) is 1. The Bertz CT molecular complexity index is 578. The second-order valence-corrected chi connectivity index (χ2v) is 4.40. The van der Waals surface area contributed by atoms with Gasteiger partial charge in [0.2, 0.25) is 0 Å². The topological polar surface area (TPSA) is 52.5 Å². The first-order chi connectivity index (χ1) is 9.69. The fourth-order valence-corrected chi connectivity index (χ4v) is 1.80. The monoisotopic (exact) mass is 274 g/mol. The van der Waals surface area contributed by atoms with Crippen LogP contribution in [0.25, 0.3) is 0 Å². The number of para-hydroxylation sites is 2. The Labute approximate surface area is 118 Å². The van der Waals surface area contributed by atoms with E-state index in [0.717, 1.165) is 5.56 Å². The summed E-state index contributed by atoms with van der Waals surface area (Å²) in [6.07, 6.45) is 3.90. The fraction of sp³-hybridized carbons (Fsp3) is 0.267. The molecule has 0 fully saturated rings. The predicted octanol–water partition coefficient (Wildman–Crippen LogP) is 1.73. The number of aromatic nitrogens is 1. The smallest absolute Gasteiger partial charge is 0.258 e. The van der Waals surface area contributed by atoms with Gasteiger partial charge in [0.15, 0.2) is 18.1 Å². The number of carbonyl (C=O) groups excluding carboxylic acids is 1. The molecule has 1 aromatic heterocycles. The van der Waals surface area contributed by atoms with Crippen LogP contribution in [-0.4, -0.2) is 24.2 Å². The van der Waals surface area contributed by atoms with Crippen LogP contribution in [0.3, 0.4) is 0 Å². The van der Waals surface area contributed by atoms with Crippen molar-refractivity contribution in [3.8, 4) is 11.5 Å². The summed E-state index contributed by atoms with van der Waals surface area (Å²) in [5.74, 6) is 1.01. The van der Waals surface area contributed by atoms with Crippen molar-refractivity contribution in [2.24, 2.45) is 7.05 Å². The SMILES string of the molecule is COc1ccccc1OCC(=O)NCc1ccn(C)c1. The number of ether oxygens (including phenoxy) is 2. The average Bonchev–Trinajstić information content (AvgIpc) is 2.89. The highest BCUT2D eigenvalue weighted by Gasteiger charge is 2.06. The van der Waals surface area contributed by atoms with Crippen LogP contribution in [0.1, 0.15) is 5.56 Å². The Morgan fingerprint density at radius 2 is 2.00 bits per heavy atom. The molecule has 0 spiro atoms. The van der Waals surface area contributed by atoms with E-state index >= 15 is 0 Å². The van der Waals surface area contributed by atoms with Gasteiger partial charge in [0.1, 0.15) is 0 Å². The maximum Gasteiger partial charge on any atom is 0.258 e. The summed E-state index contributed by atoms with van der Waals surface area (Å²) in [5, 5.41) is 2.80. The second-order valence-electron chi connectivity index (χ2n) is 4.40. The van der Waals surface area contributed by atoms with Crippen molar-refractivity contribution in [3.05, 3.63) is 48.3 Å². The lowest BCUT2D eigenvalue weighted by atomic mass is 10.3. The van der Waals surface area contributed by atoms with E-state index in [2.05, 4.69) is 5.32 Å². The van der Waals surface area contributed by atoms with Crippen molar-refractivity contribution in [2.75, 3.05) is 13.7 Å². The van der Waals surface area contributed by atoms with Crippen LogP contribution in [0.5, 0.6) is 11.5 Å². The van der Waals surface area contributed by atoms with Gasteiger partial charge in [0, 0.05) is 26.0 Å². The van der Waals surface area contributed by atoms with Crippen LogP contribution in [0.15, 0.2) is 42.7 Å². The third-order valence-corrected chi connectivity index (χ3v) is 2.81. The molecular formula is C15H18N2O3. The summed E-state index contributed by atoms with van der Waals surface area (Å²) in [5.41, 5.74) is 1.05. The Kier molecular flexibility index (Phi) is 4.65. The van der Waals surface area contributed by atoms with E-state index in [4.69, 9.17) is 9.47 Å². The number of rotatable bonds is 6. The lowest BCUT2D eigenvalue weighted by molar-refractivity contribution is -0.123. The number of hydrogen-bond donors (Lipinski definition) is 1. The molecule has 0 atom stereocenters. The second kappa shape index (κ2) is 6.65. The molecule has 0 aliphatic rings. The lowest BCUT2D eigenvalue weighted by Crippen LogP contribution is -2.28. The zero-order valence-electron chi connectivity index (χ0n) is 11.6. The molecule has 0 bridgehead atoms. The van der Waals surface area contributed by atoms with Gasteiger partial charge in [-0.1, -0.05) is 12.1 Å². The van der Waals surface area contributed by atoms with Crippen LogP contribution >= 0.6 is 0 Å². The van der Waals surface area contributed by atoms with Crippen molar-refractivity contribution in [1.29, 1.82) is 0 Å². The Morgan fingerprint density at radius 3 is 2.65 bits per heavy atom. The summed E-state index contributed by atoms with van der Waals surface area (Å²) in [6.45, 7) is 0.460. The van der Waals surface area contributed by atoms with Crippen molar-refractivity contribution in [3.63, 3.8) is 0 Å². The van der Waals surface area contributed by atoms with Crippen molar-refractivity contribution >= 4 is 5.91 Å². The minimum atomic E-state index is -0.167. The van der Waals surface area contributed by atoms with Gasteiger partial charge in [0.25, 0.3) is 5.91 Å². The molecule has 0 unspecified atom stereocenters. The lowest BCUT2D eigenvalue weighted by Gasteiger charge is -2.10. The van der Waals surface area contributed by atoms with E-state index in [-0.39, 0.29) is 12.5 Å². The molecule has 2 rings (SSSR count). The maximum atomic E-state index is 11.7. The van der Waals surface area contributed by atoms with Crippen LogP contribution < -0.4 is 14.8 Å². The van der Waals surface area contributed by atoms with E-state index < -0.39 is 0 Å². The molecule has 0 radical (unpaired) electrons.